The molecule has 0 spiro atoms. The van der Waals surface area contributed by atoms with Crippen LogP contribution >= 0.6 is 0 Å². The Morgan fingerprint density at radius 1 is 1.07 bits per heavy atom. The summed E-state index contributed by atoms with van der Waals surface area (Å²) >= 11 is 0. The van der Waals surface area contributed by atoms with Gasteiger partial charge in [0.2, 0.25) is 6.79 Å². The Bertz CT molecular complexity index is 932. The van der Waals surface area contributed by atoms with E-state index in [1.54, 1.807) is 0 Å². The van der Waals surface area contributed by atoms with Crippen molar-refractivity contribution < 1.29 is 14.6 Å². The third-order valence-corrected chi connectivity index (χ3v) is 5.90. The molecule has 1 aromatic carbocycles. The van der Waals surface area contributed by atoms with E-state index in [1.165, 1.54) is 19.3 Å². The van der Waals surface area contributed by atoms with Crippen LogP contribution < -0.4 is 20.3 Å². The number of piperidine rings is 1. The standard InChI is InChI=1S/C22H31N3O4/c1-22(2,14-26)23-13-17-10-16-11-19-20(29-15-28-19)12-18(16)25(21(17)27)9-8-24-6-4-3-5-7-24/h10-12,23,26H,3-9,13-15H2,1-2H3. The number of fused-ring (bicyclic) bond motifs is 2. The van der Waals surface area contributed by atoms with Gasteiger partial charge in [0.15, 0.2) is 11.5 Å². The van der Waals surface area contributed by atoms with Gasteiger partial charge in [0.05, 0.1) is 12.1 Å². The summed E-state index contributed by atoms with van der Waals surface area (Å²) in [6, 6.07) is 5.80. The van der Waals surface area contributed by atoms with Crippen LogP contribution in [0.15, 0.2) is 23.0 Å². The van der Waals surface area contributed by atoms with Gasteiger partial charge < -0.3 is 29.4 Å². The lowest BCUT2D eigenvalue weighted by atomic mass is 10.1. The molecular formula is C22H31N3O4. The molecule has 158 valence electrons. The summed E-state index contributed by atoms with van der Waals surface area (Å²) in [4.78, 5) is 15.8. The number of aliphatic hydroxyl groups is 1. The highest BCUT2D eigenvalue weighted by molar-refractivity contribution is 5.84. The molecule has 0 amide bonds. The van der Waals surface area contributed by atoms with Crippen molar-refractivity contribution in [3.05, 3.63) is 34.1 Å². The van der Waals surface area contributed by atoms with Crippen LogP contribution in [-0.4, -0.2) is 53.1 Å². The SMILES string of the molecule is CC(C)(CO)NCc1cc2cc3c(cc2n(CCN2CCCCC2)c1=O)OCO3. The number of aromatic nitrogens is 1. The summed E-state index contributed by atoms with van der Waals surface area (Å²) in [6.07, 6.45) is 3.76. The van der Waals surface area contributed by atoms with Crippen LogP contribution in [0.4, 0.5) is 0 Å². The largest absolute Gasteiger partial charge is 0.454 e. The Kier molecular flexibility index (Phi) is 5.81. The van der Waals surface area contributed by atoms with Gasteiger partial charge in [-0.25, -0.2) is 0 Å². The van der Waals surface area contributed by atoms with Crippen LogP contribution in [0.25, 0.3) is 10.9 Å². The predicted molar refractivity (Wildman–Crippen MR) is 113 cm³/mol. The van der Waals surface area contributed by atoms with Crippen LogP contribution in [-0.2, 0) is 13.1 Å². The zero-order valence-corrected chi connectivity index (χ0v) is 17.4. The average Bonchev–Trinajstić information content (AvgIpc) is 3.18. The van der Waals surface area contributed by atoms with Gasteiger partial charge in [0, 0.05) is 42.2 Å². The van der Waals surface area contributed by atoms with Gasteiger partial charge in [0.25, 0.3) is 5.56 Å². The van der Waals surface area contributed by atoms with Crippen molar-refractivity contribution in [1.29, 1.82) is 0 Å². The van der Waals surface area contributed by atoms with Crippen LogP contribution in [0.5, 0.6) is 11.5 Å². The summed E-state index contributed by atoms with van der Waals surface area (Å²) in [5, 5.41) is 13.8. The maximum atomic E-state index is 13.3. The lowest BCUT2D eigenvalue weighted by Gasteiger charge is -2.27. The van der Waals surface area contributed by atoms with Crippen molar-refractivity contribution in [3.8, 4) is 11.5 Å². The van der Waals surface area contributed by atoms with Gasteiger partial charge >= 0.3 is 0 Å². The van der Waals surface area contributed by atoms with Crippen LogP contribution in [0.2, 0.25) is 0 Å². The summed E-state index contributed by atoms with van der Waals surface area (Å²) in [5.41, 5.74) is 1.13. The number of rotatable bonds is 7. The molecule has 29 heavy (non-hydrogen) atoms. The lowest BCUT2D eigenvalue weighted by molar-refractivity contribution is 0.174. The molecule has 1 fully saturated rings. The van der Waals surface area contributed by atoms with Crippen molar-refractivity contribution in [3.63, 3.8) is 0 Å². The van der Waals surface area contributed by atoms with Gasteiger partial charge in [-0.15, -0.1) is 0 Å². The fourth-order valence-corrected chi connectivity index (χ4v) is 3.99. The Labute approximate surface area is 171 Å². The number of nitrogens with one attached hydrogen (secondary N) is 1. The van der Waals surface area contributed by atoms with Gasteiger partial charge in [-0.05, 0) is 51.9 Å². The van der Waals surface area contributed by atoms with E-state index in [-0.39, 0.29) is 19.0 Å². The molecule has 0 unspecified atom stereocenters. The Hall–Kier alpha value is -2.09. The van der Waals surface area contributed by atoms with E-state index in [9.17, 15) is 9.90 Å². The Balaban J connectivity index is 1.69. The van der Waals surface area contributed by atoms with Gasteiger partial charge in [-0.3, -0.25) is 4.79 Å². The molecule has 7 heteroatoms. The molecule has 2 aromatic rings. The van der Waals surface area contributed by atoms with Crippen LogP contribution in [0.3, 0.4) is 0 Å². The molecule has 0 saturated carbocycles. The highest BCUT2D eigenvalue weighted by Crippen LogP contribution is 2.35. The molecule has 4 rings (SSSR count). The molecule has 7 nitrogen and oxygen atoms in total. The minimum absolute atomic E-state index is 0.00240. The Morgan fingerprint density at radius 2 is 1.79 bits per heavy atom. The number of pyridine rings is 1. The fraction of sp³-hybridized carbons (Fsp3) is 0.591. The molecular weight excluding hydrogens is 370 g/mol. The number of benzene rings is 1. The molecule has 0 atom stereocenters. The second kappa shape index (κ2) is 8.34. The minimum Gasteiger partial charge on any atom is -0.454 e. The smallest absolute Gasteiger partial charge is 0.255 e. The second-order valence-corrected chi connectivity index (χ2v) is 8.69. The van der Waals surface area contributed by atoms with Gasteiger partial charge in [-0.1, -0.05) is 6.42 Å². The van der Waals surface area contributed by atoms with E-state index in [4.69, 9.17) is 9.47 Å². The van der Waals surface area contributed by atoms with Crippen molar-refractivity contribution >= 4 is 10.9 Å². The minimum atomic E-state index is -0.449. The van der Waals surface area contributed by atoms with Crippen molar-refractivity contribution in [1.82, 2.24) is 14.8 Å². The monoisotopic (exact) mass is 401 g/mol. The van der Waals surface area contributed by atoms with Gasteiger partial charge in [-0.2, -0.15) is 0 Å². The Morgan fingerprint density at radius 3 is 2.52 bits per heavy atom. The number of hydrogen-bond donors (Lipinski definition) is 2. The molecule has 2 aliphatic rings. The third-order valence-electron chi connectivity index (χ3n) is 5.90. The summed E-state index contributed by atoms with van der Waals surface area (Å²) in [5.74, 6) is 1.41. The number of likely N-dealkylation sites (tertiary alicyclic amines) is 1. The summed E-state index contributed by atoms with van der Waals surface area (Å²) < 4.78 is 13.0. The fourth-order valence-electron chi connectivity index (χ4n) is 3.99. The molecule has 3 heterocycles. The summed E-state index contributed by atoms with van der Waals surface area (Å²) in [6.45, 7) is 8.16. The van der Waals surface area contributed by atoms with E-state index in [2.05, 4.69) is 10.2 Å². The first-order chi connectivity index (χ1) is 14.0. The first-order valence-electron chi connectivity index (χ1n) is 10.5. The zero-order valence-electron chi connectivity index (χ0n) is 17.4. The van der Waals surface area contributed by atoms with E-state index in [1.807, 2.05) is 36.6 Å². The van der Waals surface area contributed by atoms with Crippen molar-refractivity contribution in [2.75, 3.05) is 33.0 Å². The van der Waals surface area contributed by atoms with Crippen LogP contribution in [0, 0.1) is 0 Å². The molecule has 0 bridgehead atoms. The molecule has 1 saturated heterocycles. The number of nitrogens with zero attached hydrogens (tertiary/aromatic N) is 2. The maximum Gasteiger partial charge on any atom is 0.255 e. The first kappa shape index (κ1) is 20.2. The first-order valence-corrected chi connectivity index (χ1v) is 10.5. The summed E-state index contributed by atoms with van der Waals surface area (Å²) in [7, 11) is 0. The van der Waals surface area contributed by atoms with Crippen LogP contribution in [0.1, 0.15) is 38.7 Å². The third kappa shape index (κ3) is 4.42. The lowest BCUT2D eigenvalue weighted by Crippen LogP contribution is -2.43. The molecule has 0 aliphatic carbocycles. The number of hydrogen-bond acceptors (Lipinski definition) is 6. The quantitative estimate of drug-likeness (QED) is 0.740. The molecule has 0 radical (unpaired) electrons. The second-order valence-electron chi connectivity index (χ2n) is 8.69. The zero-order chi connectivity index (χ0) is 20.4. The normalized spacial score (nSPS) is 17.2. The van der Waals surface area contributed by atoms with Crippen molar-refractivity contribution in [2.24, 2.45) is 0 Å². The topological polar surface area (TPSA) is 76.0 Å². The maximum absolute atomic E-state index is 13.3. The highest BCUT2D eigenvalue weighted by atomic mass is 16.7. The highest BCUT2D eigenvalue weighted by Gasteiger charge is 2.20. The average molecular weight is 402 g/mol. The van der Waals surface area contributed by atoms with E-state index in [0.29, 0.717) is 30.2 Å². The van der Waals surface area contributed by atoms with E-state index < -0.39 is 5.54 Å². The number of aliphatic hydroxyl groups excluding tert-OH is 1. The number of ether oxygens (including phenoxy) is 2. The predicted octanol–water partition coefficient (Wildman–Crippen LogP) is 2.08. The molecule has 1 aromatic heterocycles. The van der Waals surface area contributed by atoms with Gasteiger partial charge in [0.1, 0.15) is 0 Å². The van der Waals surface area contributed by atoms with Crippen molar-refractivity contribution in [2.45, 2.75) is 51.7 Å². The van der Waals surface area contributed by atoms with E-state index in [0.717, 1.165) is 30.5 Å². The molecule has 2 aliphatic heterocycles. The molecule has 2 N–H and O–H groups in total. The van der Waals surface area contributed by atoms with E-state index >= 15 is 0 Å².